The van der Waals surface area contributed by atoms with Gasteiger partial charge in [0.15, 0.2) is 0 Å². The lowest BCUT2D eigenvalue weighted by Gasteiger charge is -2.18. The molecule has 0 bridgehead atoms. The molecule has 0 heterocycles. The molecule has 0 spiro atoms. The van der Waals surface area contributed by atoms with Crippen LogP contribution < -0.4 is 10.5 Å². The molecule has 1 aromatic rings. The van der Waals surface area contributed by atoms with Crippen LogP contribution in [0.2, 0.25) is 0 Å². The lowest BCUT2D eigenvalue weighted by Crippen LogP contribution is -2.34. The monoisotopic (exact) mass is 301 g/mol. The molecule has 1 saturated carbocycles. The lowest BCUT2D eigenvalue weighted by atomic mass is 10.0. The van der Waals surface area contributed by atoms with Crippen LogP contribution in [-0.2, 0) is 14.3 Å². The van der Waals surface area contributed by atoms with E-state index in [9.17, 15) is 13.5 Å². The van der Waals surface area contributed by atoms with Gasteiger partial charge in [-0.2, -0.15) is 8.42 Å². The van der Waals surface area contributed by atoms with Crippen LogP contribution in [0.3, 0.4) is 0 Å². The minimum Gasteiger partial charge on any atom is -0.490 e. The van der Waals surface area contributed by atoms with Crippen molar-refractivity contribution >= 4 is 10.1 Å². The van der Waals surface area contributed by atoms with Crippen LogP contribution >= 0.6 is 0 Å². The van der Waals surface area contributed by atoms with Crippen molar-refractivity contribution in [2.75, 3.05) is 12.9 Å². The topological polar surface area (TPSA) is 98.9 Å². The van der Waals surface area contributed by atoms with Crippen molar-refractivity contribution in [2.45, 2.75) is 31.1 Å². The van der Waals surface area contributed by atoms with Crippen molar-refractivity contribution in [1.82, 2.24) is 0 Å². The fourth-order valence-electron chi connectivity index (χ4n) is 1.66. The highest BCUT2D eigenvalue weighted by atomic mass is 32.2. The maximum Gasteiger partial charge on any atom is 0.264 e. The normalized spacial score (nSPS) is 18.6. The van der Waals surface area contributed by atoms with Gasteiger partial charge in [0, 0.05) is 0 Å². The Balaban J connectivity index is 1.91. The number of aliphatic hydroxyl groups is 1. The molecular formula is C13H19NO5S. The average molecular weight is 301 g/mol. The zero-order valence-electron chi connectivity index (χ0n) is 11.2. The van der Waals surface area contributed by atoms with E-state index in [0.717, 1.165) is 24.8 Å². The smallest absolute Gasteiger partial charge is 0.264 e. The second-order valence-corrected chi connectivity index (χ2v) is 6.63. The summed E-state index contributed by atoms with van der Waals surface area (Å²) >= 11 is 0. The van der Waals surface area contributed by atoms with Gasteiger partial charge in [0.2, 0.25) is 0 Å². The maximum absolute atomic E-state index is 10.9. The molecule has 2 atom stereocenters. The van der Waals surface area contributed by atoms with Crippen LogP contribution in [0.15, 0.2) is 24.3 Å². The third-order valence-corrected chi connectivity index (χ3v) is 3.49. The van der Waals surface area contributed by atoms with Crippen molar-refractivity contribution in [1.29, 1.82) is 0 Å². The second kappa shape index (κ2) is 6.09. The number of ether oxygens (including phenoxy) is 1. The fourth-order valence-corrected chi connectivity index (χ4v) is 2.07. The van der Waals surface area contributed by atoms with E-state index in [4.69, 9.17) is 10.5 Å². The number of nitrogens with two attached hydrogens (primary N) is 1. The molecule has 3 N–H and O–H groups in total. The first-order valence-electron chi connectivity index (χ1n) is 6.40. The summed E-state index contributed by atoms with van der Waals surface area (Å²) in [5.74, 6) is 0.754. The van der Waals surface area contributed by atoms with Crippen molar-refractivity contribution in [3.05, 3.63) is 29.8 Å². The van der Waals surface area contributed by atoms with Gasteiger partial charge in [0.25, 0.3) is 10.1 Å². The summed E-state index contributed by atoms with van der Waals surface area (Å²) in [6, 6.07) is 6.13. The standard InChI is InChI=1S/C13H19NO5S/c1-20(16,17)18-8-12(14)13(15)9-2-4-10(5-3-9)19-11-6-7-11/h2-5,11-13,15H,6-8,14H2,1H3/t12-,13-/m1/s1. The van der Waals surface area contributed by atoms with Crippen molar-refractivity contribution in [3.63, 3.8) is 0 Å². The zero-order chi connectivity index (χ0) is 14.8. The Labute approximate surface area is 118 Å². The van der Waals surface area contributed by atoms with Gasteiger partial charge in [-0.3, -0.25) is 4.18 Å². The highest BCUT2D eigenvalue weighted by molar-refractivity contribution is 7.85. The molecule has 1 aromatic carbocycles. The molecule has 0 aliphatic heterocycles. The first-order chi connectivity index (χ1) is 9.35. The fraction of sp³-hybridized carbons (Fsp3) is 0.538. The molecule has 0 unspecified atom stereocenters. The van der Waals surface area contributed by atoms with Gasteiger partial charge < -0.3 is 15.6 Å². The predicted molar refractivity (Wildman–Crippen MR) is 73.8 cm³/mol. The first kappa shape index (κ1) is 15.2. The van der Waals surface area contributed by atoms with Gasteiger partial charge in [-0.25, -0.2) is 0 Å². The number of benzene rings is 1. The minimum absolute atomic E-state index is 0.264. The van der Waals surface area contributed by atoms with Gasteiger partial charge in [0.1, 0.15) is 5.75 Å². The lowest BCUT2D eigenvalue weighted by molar-refractivity contribution is 0.118. The summed E-state index contributed by atoms with van der Waals surface area (Å²) in [5.41, 5.74) is 6.31. The van der Waals surface area contributed by atoms with E-state index in [1.54, 1.807) is 24.3 Å². The quantitative estimate of drug-likeness (QED) is 0.714. The molecular weight excluding hydrogens is 282 g/mol. The molecule has 2 rings (SSSR count). The van der Waals surface area contributed by atoms with Crippen molar-refractivity contribution in [3.8, 4) is 5.75 Å². The van der Waals surface area contributed by atoms with Gasteiger partial charge in [-0.05, 0) is 30.5 Å². The molecule has 1 fully saturated rings. The van der Waals surface area contributed by atoms with Crippen LogP contribution in [-0.4, -0.2) is 38.5 Å². The van der Waals surface area contributed by atoms with Crippen LogP contribution in [0.1, 0.15) is 24.5 Å². The number of hydrogen-bond acceptors (Lipinski definition) is 6. The Bertz CT molecular complexity index is 538. The maximum atomic E-state index is 10.9. The molecule has 1 aliphatic rings. The minimum atomic E-state index is -3.56. The van der Waals surface area contributed by atoms with E-state index in [2.05, 4.69) is 4.18 Å². The third kappa shape index (κ3) is 4.75. The van der Waals surface area contributed by atoms with Crippen LogP contribution in [0.25, 0.3) is 0 Å². The van der Waals surface area contributed by atoms with Crippen LogP contribution in [0, 0.1) is 0 Å². The molecule has 0 amide bonds. The Morgan fingerprint density at radius 1 is 1.35 bits per heavy atom. The summed E-state index contributed by atoms with van der Waals surface area (Å²) in [4.78, 5) is 0. The molecule has 112 valence electrons. The van der Waals surface area contributed by atoms with E-state index in [1.807, 2.05) is 0 Å². The molecule has 6 nitrogen and oxygen atoms in total. The number of aliphatic hydroxyl groups excluding tert-OH is 1. The number of rotatable bonds is 7. The highest BCUT2D eigenvalue weighted by Gasteiger charge is 2.24. The Morgan fingerprint density at radius 2 is 1.95 bits per heavy atom. The van der Waals surface area contributed by atoms with Gasteiger partial charge in [-0.1, -0.05) is 12.1 Å². The Kier molecular flexibility index (Phi) is 4.64. The van der Waals surface area contributed by atoms with Crippen molar-refractivity contribution in [2.24, 2.45) is 5.73 Å². The molecule has 0 aromatic heterocycles. The van der Waals surface area contributed by atoms with Gasteiger partial charge in [0.05, 0.1) is 31.1 Å². The highest BCUT2D eigenvalue weighted by Crippen LogP contribution is 2.27. The van der Waals surface area contributed by atoms with E-state index in [1.165, 1.54) is 0 Å². The molecule has 7 heteroatoms. The van der Waals surface area contributed by atoms with E-state index < -0.39 is 22.3 Å². The van der Waals surface area contributed by atoms with Crippen molar-refractivity contribution < 1.29 is 22.4 Å². The van der Waals surface area contributed by atoms with E-state index in [-0.39, 0.29) is 6.61 Å². The average Bonchev–Trinajstić information content (AvgIpc) is 3.19. The molecule has 20 heavy (non-hydrogen) atoms. The third-order valence-electron chi connectivity index (χ3n) is 2.93. The van der Waals surface area contributed by atoms with Crippen LogP contribution in [0.5, 0.6) is 5.75 Å². The molecule has 0 radical (unpaired) electrons. The summed E-state index contributed by atoms with van der Waals surface area (Å²) in [7, 11) is -3.56. The number of hydrogen-bond donors (Lipinski definition) is 2. The Hall–Kier alpha value is -1.15. The first-order valence-corrected chi connectivity index (χ1v) is 8.21. The summed E-state index contributed by atoms with van der Waals surface area (Å²) < 4.78 is 31.9. The summed E-state index contributed by atoms with van der Waals surface area (Å²) in [6.45, 7) is -0.264. The van der Waals surface area contributed by atoms with Gasteiger partial charge >= 0.3 is 0 Å². The van der Waals surface area contributed by atoms with E-state index >= 15 is 0 Å². The van der Waals surface area contributed by atoms with Crippen LogP contribution in [0.4, 0.5) is 0 Å². The SMILES string of the molecule is CS(=O)(=O)OC[C@@H](N)[C@H](O)c1ccc(OC2CC2)cc1. The van der Waals surface area contributed by atoms with Gasteiger partial charge in [-0.15, -0.1) is 0 Å². The molecule has 0 saturated heterocycles. The zero-order valence-corrected chi connectivity index (χ0v) is 12.0. The predicted octanol–water partition coefficient (Wildman–Crippen LogP) is 0.565. The summed E-state index contributed by atoms with van der Waals surface area (Å²) in [6.07, 6.45) is 2.43. The second-order valence-electron chi connectivity index (χ2n) is 4.98. The Morgan fingerprint density at radius 3 is 2.45 bits per heavy atom. The molecule has 1 aliphatic carbocycles. The van der Waals surface area contributed by atoms with E-state index in [0.29, 0.717) is 11.7 Å². The summed E-state index contributed by atoms with van der Waals surface area (Å²) in [5, 5.41) is 10.0. The largest absolute Gasteiger partial charge is 0.490 e.